The molecule has 148 valence electrons. The first kappa shape index (κ1) is 20.0. The van der Waals surface area contributed by atoms with E-state index in [-0.39, 0.29) is 11.8 Å². The summed E-state index contributed by atoms with van der Waals surface area (Å²) < 4.78 is 5.20. The van der Waals surface area contributed by atoms with Crippen molar-refractivity contribution >= 4 is 11.8 Å². The molecule has 1 aromatic carbocycles. The van der Waals surface area contributed by atoms with Gasteiger partial charge in [-0.1, -0.05) is 18.2 Å². The van der Waals surface area contributed by atoms with E-state index in [9.17, 15) is 9.59 Å². The molecule has 7 nitrogen and oxygen atoms in total. The van der Waals surface area contributed by atoms with Gasteiger partial charge in [0, 0.05) is 25.1 Å². The molecular weight excluding hydrogens is 368 g/mol. The number of nitrogens with one attached hydrogen (secondary N) is 2. The second-order valence-electron chi connectivity index (χ2n) is 6.32. The molecule has 0 bridgehead atoms. The van der Waals surface area contributed by atoms with Crippen LogP contribution in [0.3, 0.4) is 0 Å². The van der Waals surface area contributed by atoms with Gasteiger partial charge in [-0.2, -0.15) is 0 Å². The van der Waals surface area contributed by atoms with Crippen LogP contribution in [0, 0.1) is 0 Å². The predicted octanol–water partition coefficient (Wildman–Crippen LogP) is 2.39. The van der Waals surface area contributed by atoms with Crippen molar-refractivity contribution in [2.75, 3.05) is 13.7 Å². The second-order valence-corrected chi connectivity index (χ2v) is 6.32. The number of carbonyl (C=O) groups excluding carboxylic acids is 2. The molecule has 0 aliphatic heterocycles. The molecule has 29 heavy (non-hydrogen) atoms. The zero-order valence-electron chi connectivity index (χ0n) is 16.1. The lowest BCUT2D eigenvalue weighted by molar-refractivity contribution is 0.0950. The average Bonchev–Trinajstić information content (AvgIpc) is 2.78. The maximum absolute atomic E-state index is 12.4. The van der Waals surface area contributed by atoms with Crippen LogP contribution in [-0.2, 0) is 13.0 Å². The Morgan fingerprint density at radius 2 is 1.76 bits per heavy atom. The lowest BCUT2D eigenvalue weighted by atomic mass is 10.1. The minimum absolute atomic E-state index is 0.278. The van der Waals surface area contributed by atoms with Gasteiger partial charge < -0.3 is 15.4 Å². The summed E-state index contributed by atoms with van der Waals surface area (Å²) >= 11 is 0. The van der Waals surface area contributed by atoms with Gasteiger partial charge in [-0.05, 0) is 42.3 Å². The van der Waals surface area contributed by atoms with Crippen LogP contribution in [0.2, 0.25) is 0 Å². The number of carbonyl (C=O) groups is 2. The normalized spacial score (nSPS) is 10.2. The highest BCUT2D eigenvalue weighted by atomic mass is 16.5. The number of hydrogen-bond acceptors (Lipinski definition) is 5. The fourth-order valence-electron chi connectivity index (χ4n) is 2.71. The number of methoxy groups -OCH3 is 1. The molecule has 0 fully saturated rings. The van der Waals surface area contributed by atoms with Crippen molar-refractivity contribution in [1.82, 2.24) is 20.6 Å². The Kier molecular flexibility index (Phi) is 6.89. The summed E-state index contributed by atoms with van der Waals surface area (Å²) in [6, 6.07) is 14.7. The number of hydrogen-bond donors (Lipinski definition) is 2. The zero-order chi connectivity index (χ0) is 20.5. The molecule has 3 aromatic rings. The highest BCUT2D eigenvalue weighted by Crippen LogP contribution is 2.12. The molecule has 0 aliphatic rings. The first-order valence-electron chi connectivity index (χ1n) is 9.20. The van der Waals surface area contributed by atoms with Gasteiger partial charge >= 0.3 is 0 Å². The van der Waals surface area contributed by atoms with Crippen LogP contribution in [-0.4, -0.2) is 35.4 Å². The molecule has 0 atom stereocenters. The number of amides is 2. The van der Waals surface area contributed by atoms with Crippen molar-refractivity contribution in [2.45, 2.75) is 13.0 Å². The fraction of sp³-hybridized carbons (Fsp3) is 0.182. The lowest BCUT2D eigenvalue weighted by Gasteiger charge is -2.08. The maximum atomic E-state index is 12.4. The van der Waals surface area contributed by atoms with Crippen LogP contribution in [0.5, 0.6) is 5.75 Å². The summed E-state index contributed by atoms with van der Waals surface area (Å²) in [5.74, 6) is 0.191. The Labute approximate surface area is 169 Å². The molecule has 7 heteroatoms. The zero-order valence-corrected chi connectivity index (χ0v) is 16.1. The standard InChI is InChI=1S/C22H22N4O3/c1-29-20-7-4-5-16(11-20)8-10-25-21(27)17-12-18(14-23-13-17)22(28)26-15-19-6-2-3-9-24-19/h2-7,9,11-14H,8,10,15H2,1H3,(H,25,27)(H,26,28). The molecule has 0 radical (unpaired) electrons. The van der Waals surface area contributed by atoms with E-state index in [4.69, 9.17) is 4.74 Å². The van der Waals surface area contributed by atoms with E-state index < -0.39 is 0 Å². The molecule has 0 saturated heterocycles. The molecule has 2 N–H and O–H groups in total. The predicted molar refractivity (Wildman–Crippen MR) is 109 cm³/mol. The Bertz CT molecular complexity index is 977. The van der Waals surface area contributed by atoms with Crippen molar-refractivity contribution in [2.24, 2.45) is 0 Å². The molecule has 0 saturated carbocycles. The van der Waals surface area contributed by atoms with Crippen LogP contribution in [0.1, 0.15) is 32.0 Å². The van der Waals surface area contributed by atoms with Gasteiger partial charge in [-0.3, -0.25) is 19.6 Å². The van der Waals surface area contributed by atoms with Gasteiger partial charge in [0.1, 0.15) is 5.75 Å². The highest BCUT2D eigenvalue weighted by Gasteiger charge is 2.11. The third kappa shape index (κ3) is 5.87. The SMILES string of the molecule is COc1cccc(CCNC(=O)c2cncc(C(=O)NCc3ccccn3)c2)c1. The maximum Gasteiger partial charge on any atom is 0.253 e. The summed E-state index contributed by atoms with van der Waals surface area (Å²) in [5, 5.41) is 5.62. The summed E-state index contributed by atoms with van der Waals surface area (Å²) in [6.07, 6.45) is 5.21. The van der Waals surface area contributed by atoms with Crippen molar-refractivity contribution in [1.29, 1.82) is 0 Å². The number of benzene rings is 1. The largest absolute Gasteiger partial charge is 0.497 e. The first-order valence-corrected chi connectivity index (χ1v) is 9.20. The fourth-order valence-corrected chi connectivity index (χ4v) is 2.71. The van der Waals surface area contributed by atoms with Gasteiger partial charge in [-0.15, -0.1) is 0 Å². The van der Waals surface area contributed by atoms with Gasteiger partial charge in [-0.25, -0.2) is 0 Å². The summed E-state index contributed by atoms with van der Waals surface area (Å²) in [7, 11) is 1.62. The molecule has 2 amide bonds. The number of ether oxygens (including phenoxy) is 1. The number of aromatic nitrogens is 2. The second kappa shape index (κ2) is 9.98. The molecule has 0 unspecified atom stereocenters. The van der Waals surface area contributed by atoms with Gasteiger partial charge in [0.25, 0.3) is 11.8 Å². The summed E-state index contributed by atoms with van der Waals surface area (Å²) in [5.41, 5.74) is 2.47. The van der Waals surface area contributed by atoms with E-state index in [2.05, 4.69) is 20.6 Å². The van der Waals surface area contributed by atoms with Crippen LogP contribution >= 0.6 is 0 Å². The Morgan fingerprint density at radius 3 is 2.48 bits per heavy atom. The average molecular weight is 390 g/mol. The van der Waals surface area contributed by atoms with Crippen LogP contribution < -0.4 is 15.4 Å². The van der Waals surface area contributed by atoms with Crippen LogP contribution in [0.15, 0.2) is 67.1 Å². The van der Waals surface area contributed by atoms with E-state index in [1.165, 1.54) is 18.5 Å². The number of rotatable bonds is 8. The van der Waals surface area contributed by atoms with Crippen molar-refractivity contribution in [3.8, 4) is 5.75 Å². The van der Waals surface area contributed by atoms with Crippen molar-refractivity contribution in [3.63, 3.8) is 0 Å². The highest BCUT2D eigenvalue weighted by molar-refractivity contribution is 5.99. The third-order valence-corrected chi connectivity index (χ3v) is 4.25. The molecular formula is C22H22N4O3. The summed E-state index contributed by atoms with van der Waals surface area (Å²) in [4.78, 5) is 32.9. The van der Waals surface area contributed by atoms with E-state index >= 15 is 0 Å². The molecule has 0 aliphatic carbocycles. The topological polar surface area (TPSA) is 93.2 Å². The number of pyridine rings is 2. The Hall–Kier alpha value is -3.74. The minimum atomic E-state index is -0.311. The van der Waals surface area contributed by atoms with Crippen LogP contribution in [0.4, 0.5) is 0 Å². The van der Waals surface area contributed by atoms with Gasteiger partial charge in [0.2, 0.25) is 0 Å². The van der Waals surface area contributed by atoms with E-state index in [1.54, 1.807) is 13.3 Å². The van der Waals surface area contributed by atoms with E-state index in [1.807, 2.05) is 42.5 Å². The Morgan fingerprint density at radius 1 is 0.966 bits per heavy atom. The lowest BCUT2D eigenvalue weighted by Crippen LogP contribution is -2.27. The molecule has 2 heterocycles. The summed E-state index contributed by atoms with van der Waals surface area (Å²) in [6.45, 7) is 0.763. The first-order chi connectivity index (χ1) is 14.2. The quantitative estimate of drug-likeness (QED) is 0.616. The molecule has 3 rings (SSSR count). The third-order valence-electron chi connectivity index (χ3n) is 4.25. The Balaban J connectivity index is 1.53. The smallest absolute Gasteiger partial charge is 0.253 e. The molecule has 0 spiro atoms. The minimum Gasteiger partial charge on any atom is -0.497 e. The van der Waals surface area contributed by atoms with Crippen LogP contribution in [0.25, 0.3) is 0 Å². The van der Waals surface area contributed by atoms with Gasteiger partial charge in [0.05, 0.1) is 30.5 Å². The van der Waals surface area contributed by atoms with E-state index in [0.717, 1.165) is 17.0 Å². The van der Waals surface area contributed by atoms with Crippen molar-refractivity contribution in [3.05, 3.63) is 89.5 Å². The van der Waals surface area contributed by atoms with Gasteiger partial charge in [0.15, 0.2) is 0 Å². The van der Waals surface area contributed by atoms with E-state index in [0.29, 0.717) is 30.6 Å². The number of nitrogens with zero attached hydrogens (tertiary/aromatic N) is 2. The van der Waals surface area contributed by atoms with Crippen molar-refractivity contribution < 1.29 is 14.3 Å². The monoisotopic (exact) mass is 390 g/mol. The molecule has 2 aromatic heterocycles.